The molecule has 41 heavy (non-hydrogen) atoms. The van der Waals surface area contributed by atoms with Crippen molar-refractivity contribution in [3.63, 3.8) is 0 Å². The first kappa shape index (κ1) is 28.3. The Morgan fingerprint density at radius 2 is 1.88 bits per heavy atom. The molecule has 3 aromatic heterocycles. The highest BCUT2D eigenvalue weighted by atomic mass is 35.5. The van der Waals surface area contributed by atoms with E-state index >= 15 is 0 Å². The number of amides is 1. The quantitative estimate of drug-likeness (QED) is 0.179. The molecular formula is C31H31ClN4O5. The Bertz CT molecular complexity index is 1870. The molecule has 0 spiro atoms. The van der Waals surface area contributed by atoms with Crippen LogP contribution < -0.4 is 15.6 Å². The van der Waals surface area contributed by atoms with E-state index in [1.54, 1.807) is 38.4 Å². The predicted molar refractivity (Wildman–Crippen MR) is 158 cm³/mol. The van der Waals surface area contributed by atoms with E-state index in [0.29, 0.717) is 27.9 Å². The molecular weight excluding hydrogens is 544 g/mol. The van der Waals surface area contributed by atoms with Gasteiger partial charge in [-0.15, -0.1) is 0 Å². The largest absolute Gasteiger partial charge is 0.483 e. The van der Waals surface area contributed by atoms with Gasteiger partial charge in [0.25, 0.3) is 5.91 Å². The van der Waals surface area contributed by atoms with Gasteiger partial charge in [0.2, 0.25) is 0 Å². The summed E-state index contributed by atoms with van der Waals surface area (Å²) in [5.74, 6) is 0.0651. The molecule has 0 aliphatic carbocycles. The minimum Gasteiger partial charge on any atom is -0.483 e. The molecule has 0 aliphatic heterocycles. The number of fused-ring (bicyclic) bond motifs is 2. The number of halogens is 1. The van der Waals surface area contributed by atoms with Gasteiger partial charge in [-0.1, -0.05) is 11.6 Å². The fourth-order valence-corrected chi connectivity index (χ4v) is 4.76. The highest BCUT2D eigenvalue weighted by molar-refractivity contribution is 6.29. The first-order valence-corrected chi connectivity index (χ1v) is 13.5. The molecule has 1 amide bonds. The maximum absolute atomic E-state index is 13.6. The number of hydrogen-bond acceptors (Lipinski definition) is 7. The van der Waals surface area contributed by atoms with Gasteiger partial charge in [0, 0.05) is 35.3 Å². The minimum absolute atomic E-state index is 0.0340. The minimum atomic E-state index is -0.630. The molecule has 5 rings (SSSR count). The zero-order valence-corrected chi connectivity index (χ0v) is 24.7. The van der Waals surface area contributed by atoms with Crippen molar-refractivity contribution >= 4 is 39.4 Å². The average Bonchev–Trinajstić information content (AvgIpc) is 3.29. The van der Waals surface area contributed by atoms with E-state index in [2.05, 4.69) is 15.6 Å². The number of carbonyl (C=O) groups excluding carboxylic acids is 1. The number of pyridine rings is 1. The summed E-state index contributed by atoms with van der Waals surface area (Å²) in [6.45, 7) is 10.9. The van der Waals surface area contributed by atoms with Crippen molar-refractivity contribution in [1.82, 2.24) is 20.2 Å². The summed E-state index contributed by atoms with van der Waals surface area (Å²) in [6.07, 6.45) is 1.29. The molecule has 10 heteroatoms. The molecule has 0 fully saturated rings. The SMILES string of the molecule is Cc1cc([C@@H](C)Oc2ccc(Cl)nc2C(=O)NOC(C)(C)C)c2oc(-c3ccc4nn(C)cc4c3)c(C)c(=O)c2c1. The van der Waals surface area contributed by atoms with E-state index in [1.165, 1.54) is 6.07 Å². The first-order valence-electron chi connectivity index (χ1n) is 13.1. The topological polar surface area (TPSA) is 108 Å². The van der Waals surface area contributed by atoms with E-state index < -0.39 is 17.6 Å². The number of nitrogens with one attached hydrogen (secondary N) is 1. The van der Waals surface area contributed by atoms with Crippen molar-refractivity contribution in [2.24, 2.45) is 7.05 Å². The van der Waals surface area contributed by atoms with E-state index in [9.17, 15) is 9.59 Å². The molecule has 9 nitrogen and oxygen atoms in total. The van der Waals surface area contributed by atoms with Crippen LogP contribution in [0.3, 0.4) is 0 Å². The highest BCUT2D eigenvalue weighted by Crippen LogP contribution is 2.34. The molecule has 0 saturated carbocycles. The summed E-state index contributed by atoms with van der Waals surface area (Å²) in [7, 11) is 1.86. The lowest BCUT2D eigenvalue weighted by molar-refractivity contribution is -0.0593. The molecule has 0 saturated heterocycles. The van der Waals surface area contributed by atoms with Crippen LogP contribution in [0, 0.1) is 13.8 Å². The second kappa shape index (κ2) is 10.6. The number of aryl methyl sites for hydroxylation is 2. The smallest absolute Gasteiger partial charge is 0.297 e. The van der Waals surface area contributed by atoms with Gasteiger partial charge in [-0.2, -0.15) is 5.10 Å². The van der Waals surface area contributed by atoms with Crippen LogP contribution in [-0.4, -0.2) is 26.3 Å². The van der Waals surface area contributed by atoms with E-state index in [0.717, 1.165) is 22.0 Å². The van der Waals surface area contributed by atoms with E-state index in [-0.39, 0.29) is 22.0 Å². The molecule has 3 heterocycles. The number of rotatable bonds is 6. The Morgan fingerprint density at radius 3 is 2.61 bits per heavy atom. The summed E-state index contributed by atoms with van der Waals surface area (Å²) in [5.41, 5.74) is 5.67. The van der Waals surface area contributed by atoms with Gasteiger partial charge in [0.05, 0.1) is 16.5 Å². The van der Waals surface area contributed by atoms with Gasteiger partial charge >= 0.3 is 0 Å². The van der Waals surface area contributed by atoms with Crippen LogP contribution in [0.1, 0.15) is 61.0 Å². The predicted octanol–water partition coefficient (Wildman–Crippen LogP) is 6.61. The Labute approximate surface area is 242 Å². The fourth-order valence-electron chi connectivity index (χ4n) is 4.62. The Kier molecular flexibility index (Phi) is 7.35. The molecule has 1 atom stereocenters. The fraction of sp³-hybridized carbons (Fsp3) is 0.290. The summed E-state index contributed by atoms with van der Waals surface area (Å²) in [6, 6.07) is 12.6. The molecule has 212 valence electrons. The second-order valence-corrected chi connectivity index (χ2v) is 11.5. The Balaban J connectivity index is 1.58. The Morgan fingerprint density at radius 1 is 1.12 bits per heavy atom. The molecule has 5 aromatic rings. The molecule has 0 unspecified atom stereocenters. The van der Waals surface area contributed by atoms with Crippen LogP contribution in [0.15, 0.2) is 57.9 Å². The number of benzene rings is 2. The zero-order chi connectivity index (χ0) is 29.6. The van der Waals surface area contributed by atoms with Crippen LogP contribution in [-0.2, 0) is 11.9 Å². The van der Waals surface area contributed by atoms with Crippen LogP contribution >= 0.6 is 11.6 Å². The molecule has 0 radical (unpaired) electrons. The third kappa shape index (κ3) is 5.82. The number of nitrogens with zero attached hydrogens (tertiary/aromatic N) is 3. The van der Waals surface area contributed by atoms with Crippen LogP contribution in [0.4, 0.5) is 0 Å². The third-order valence-electron chi connectivity index (χ3n) is 6.50. The molecule has 1 N–H and O–H groups in total. The van der Waals surface area contributed by atoms with Crippen molar-refractivity contribution in [3.8, 4) is 17.1 Å². The van der Waals surface area contributed by atoms with Crippen LogP contribution in [0.2, 0.25) is 5.15 Å². The maximum Gasteiger partial charge on any atom is 0.297 e. The number of hydroxylamine groups is 1. The lowest BCUT2D eigenvalue weighted by atomic mass is 9.99. The Hall–Kier alpha value is -4.21. The summed E-state index contributed by atoms with van der Waals surface area (Å²) >= 11 is 6.11. The summed E-state index contributed by atoms with van der Waals surface area (Å²) in [5, 5.41) is 5.94. The zero-order valence-electron chi connectivity index (χ0n) is 24.0. The van der Waals surface area contributed by atoms with Crippen LogP contribution in [0.5, 0.6) is 5.75 Å². The summed E-state index contributed by atoms with van der Waals surface area (Å²) in [4.78, 5) is 36.1. The monoisotopic (exact) mass is 574 g/mol. The van der Waals surface area contributed by atoms with Crippen molar-refractivity contribution < 1.29 is 18.8 Å². The number of hydrogen-bond donors (Lipinski definition) is 1. The van der Waals surface area contributed by atoms with Crippen molar-refractivity contribution in [2.45, 2.75) is 53.2 Å². The lowest BCUT2D eigenvalue weighted by Crippen LogP contribution is -2.34. The van der Waals surface area contributed by atoms with Gasteiger partial charge in [-0.05, 0) is 89.6 Å². The van der Waals surface area contributed by atoms with Crippen molar-refractivity contribution in [3.05, 3.63) is 86.4 Å². The van der Waals surface area contributed by atoms with Crippen molar-refractivity contribution in [1.29, 1.82) is 0 Å². The number of ether oxygens (including phenoxy) is 1. The van der Waals surface area contributed by atoms with E-state index in [1.807, 2.05) is 57.4 Å². The lowest BCUT2D eigenvalue weighted by Gasteiger charge is -2.21. The standard InChI is InChI=1S/C31H31ClN4O5/c1-16-12-21(18(3)39-24-10-11-25(32)33-26(24)30(38)35-41-31(4,5)6)29-22(13-16)27(37)17(2)28(40-29)19-8-9-23-20(14-19)15-36(7)34-23/h8-15,18H,1-7H3,(H,35,38)/t18-/m1/s1. The third-order valence-corrected chi connectivity index (χ3v) is 6.71. The van der Waals surface area contributed by atoms with Gasteiger partial charge in [0.1, 0.15) is 22.6 Å². The highest BCUT2D eigenvalue weighted by Gasteiger charge is 2.24. The molecule has 0 aliphatic rings. The van der Waals surface area contributed by atoms with Crippen molar-refractivity contribution in [2.75, 3.05) is 0 Å². The maximum atomic E-state index is 13.6. The van der Waals surface area contributed by atoms with Gasteiger partial charge in [-0.3, -0.25) is 19.1 Å². The van der Waals surface area contributed by atoms with Gasteiger partial charge < -0.3 is 9.15 Å². The van der Waals surface area contributed by atoms with Crippen LogP contribution in [0.25, 0.3) is 33.2 Å². The molecule has 2 aromatic carbocycles. The van der Waals surface area contributed by atoms with Gasteiger partial charge in [0.15, 0.2) is 16.9 Å². The van der Waals surface area contributed by atoms with Gasteiger partial charge in [-0.25, -0.2) is 10.5 Å². The number of aromatic nitrogens is 3. The summed E-state index contributed by atoms with van der Waals surface area (Å²) < 4.78 is 14.5. The first-order chi connectivity index (χ1) is 19.3. The number of carbonyl (C=O) groups is 1. The van der Waals surface area contributed by atoms with E-state index in [4.69, 9.17) is 25.6 Å². The molecule has 0 bridgehead atoms. The normalized spacial score (nSPS) is 12.6. The average molecular weight is 575 g/mol. The second-order valence-electron chi connectivity index (χ2n) is 11.1.